The fourth-order valence-electron chi connectivity index (χ4n) is 3.12. The van der Waals surface area contributed by atoms with Crippen molar-refractivity contribution in [3.63, 3.8) is 0 Å². The number of rotatable bonds is 1. The number of anilines is 3. The third kappa shape index (κ3) is 3.21. The van der Waals surface area contributed by atoms with E-state index in [9.17, 15) is 22.8 Å². The van der Waals surface area contributed by atoms with Crippen LogP contribution >= 0.6 is 0 Å². The van der Waals surface area contributed by atoms with E-state index in [0.29, 0.717) is 0 Å². The van der Waals surface area contributed by atoms with Gasteiger partial charge in [0.15, 0.2) is 6.19 Å². The molecule has 6 N–H and O–H groups in total. The molecule has 29 heavy (non-hydrogen) atoms. The number of aromatic nitrogens is 1. The number of aliphatic imine (C=N–C) groups is 1. The maximum Gasteiger partial charge on any atom is 0.417 e. The van der Waals surface area contributed by atoms with Gasteiger partial charge in [-0.05, 0) is 24.1 Å². The molecule has 12 heteroatoms. The average molecular weight is 404 g/mol. The molecule has 1 atom stereocenters. The van der Waals surface area contributed by atoms with Crippen molar-refractivity contribution in [1.29, 1.82) is 10.5 Å². The zero-order chi connectivity index (χ0) is 21.5. The molecule has 148 valence electrons. The number of fused-ring (bicyclic) bond motifs is 1. The SMILES string of the molecule is Cc1c(F)ccc(C2N=C(NC#N)Nc3nc(N)c(C#N)c(N)c32)c1C(F)(F)F. The number of nitriles is 2. The molecular formula is C17H12F4N8. The Morgan fingerprint density at radius 3 is 2.52 bits per heavy atom. The zero-order valence-corrected chi connectivity index (χ0v) is 14.7. The van der Waals surface area contributed by atoms with E-state index in [4.69, 9.17) is 16.7 Å². The zero-order valence-electron chi connectivity index (χ0n) is 14.7. The highest BCUT2D eigenvalue weighted by Gasteiger charge is 2.40. The van der Waals surface area contributed by atoms with Gasteiger partial charge >= 0.3 is 6.18 Å². The van der Waals surface area contributed by atoms with Gasteiger partial charge in [-0.1, -0.05) is 6.07 Å². The fourth-order valence-corrected chi connectivity index (χ4v) is 3.12. The Balaban J connectivity index is 2.38. The monoisotopic (exact) mass is 404 g/mol. The number of hydrogen-bond donors (Lipinski definition) is 4. The summed E-state index contributed by atoms with van der Waals surface area (Å²) in [6.45, 7) is 0.993. The molecule has 1 aliphatic rings. The molecule has 0 saturated carbocycles. The molecule has 1 aromatic carbocycles. The second-order valence-corrected chi connectivity index (χ2v) is 6.04. The van der Waals surface area contributed by atoms with E-state index in [2.05, 4.69) is 20.6 Å². The Kier molecular flexibility index (Phi) is 4.64. The summed E-state index contributed by atoms with van der Waals surface area (Å²) in [5.41, 5.74) is 8.93. The maximum atomic E-state index is 13.9. The van der Waals surface area contributed by atoms with E-state index in [1.807, 2.05) is 0 Å². The lowest BCUT2D eigenvalue weighted by Crippen LogP contribution is -2.33. The summed E-state index contributed by atoms with van der Waals surface area (Å²) in [5.74, 6) is -1.58. The van der Waals surface area contributed by atoms with Gasteiger partial charge in [-0.15, -0.1) is 0 Å². The van der Waals surface area contributed by atoms with Gasteiger partial charge in [-0.2, -0.15) is 23.7 Å². The van der Waals surface area contributed by atoms with Gasteiger partial charge in [0.1, 0.15) is 35.1 Å². The molecule has 0 aliphatic carbocycles. The van der Waals surface area contributed by atoms with Crippen molar-refractivity contribution in [1.82, 2.24) is 10.3 Å². The summed E-state index contributed by atoms with van der Waals surface area (Å²) in [5, 5.41) is 22.9. The summed E-state index contributed by atoms with van der Waals surface area (Å²) in [7, 11) is 0. The van der Waals surface area contributed by atoms with Gasteiger partial charge in [0, 0.05) is 5.56 Å². The van der Waals surface area contributed by atoms with Crippen LogP contribution in [0.1, 0.15) is 33.9 Å². The third-order valence-corrected chi connectivity index (χ3v) is 4.37. The van der Waals surface area contributed by atoms with Crippen molar-refractivity contribution in [2.75, 3.05) is 16.8 Å². The Morgan fingerprint density at radius 2 is 1.93 bits per heavy atom. The second kappa shape index (κ2) is 6.83. The van der Waals surface area contributed by atoms with Gasteiger partial charge in [-0.3, -0.25) is 5.32 Å². The molecule has 2 heterocycles. The highest BCUT2D eigenvalue weighted by molar-refractivity contribution is 5.98. The van der Waals surface area contributed by atoms with E-state index < -0.39 is 34.7 Å². The minimum absolute atomic E-state index is 0.0456. The number of nitrogens with one attached hydrogen (secondary N) is 2. The maximum absolute atomic E-state index is 13.9. The predicted molar refractivity (Wildman–Crippen MR) is 95.6 cm³/mol. The first-order valence-electron chi connectivity index (χ1n) is 7.95. The van der Waals surface area contributed by atoms with Gasteiger partial charge in [0.05, 0.1) is 11.3 Å². The van der Waals surface area contributed by atoms with Crippen LogP contribution < -0.4 is 22.1 Å². The molecule has 0 amide bonds. The molecule has 8 nitrogen and oxygen atoms in total. The van der Waals surface area contributed by atoms with Crippen molar-refractivity contribution >= 4 is 23.3 Å². The Bertz CT molecular complexity index is 1120. The van der Waals surface area contributed by atoms with Crippen LogP contribution in [0.15, 0.2) is 17.1 Å². The number of guanidine groups is 1. The molecule has 1 aliphatic heterocycles. The van der Waals surface area contributed by atoms with Crippen LogP contribution in [0.3, 0.4) is 0 Å². The predicted octanol–water partition coefficient (Wildman–Crippen LogP) is 2.53. The van der Waals surface area contributed by atoms with E-state index in [1.165, 1.54) is 0 Å². The lowest BCUT2D eigenvalue weighted by Gasteiger charge is -2.28. The molecule has 0 fully saturated rings. The summed E-state index contributed by atoms with van der Waals surface area (Å²) in [6, 6.07) is 2.12. The molecular weight excluding hydrogens is 392 g/mol. The van der Waals surface area contributed by atoms with E-state index in [1.54, 1.807) is 12.3 Å². The molecule has 3 rings (SSSR count). The highest BCUT2D eigenvalue weighted by Crippen LogP contribution is 2.45. The number of hydrogen-bond acceptors (Lipinski definition) is 8. The summed E-state index contributed by atoms with van der Waals surface area (Å²) >= 11 is 0. The van der Waals surface area contributed by atoms with Crippen LogP contribution in [-0.4, -0.2) is 10.9 Å². The van der Waals surface area contributed by atoms with Crippen LogP contribution in [0, 0.1) is 35.5 Å². The summed E-state index contributed by atoms with van der Waals surface area (Å²) < 4.78 is 55.2. The van der Waals surface area contributed by atoms with Crippen LogP contribution in [0.4, 0.5) is 34.9 Å². The number of alkyl halides is 3. The molecule has 0 spiro atoms. The second-order valence-electron chi connectivity index (χ2n) is 6.04. The van der Waals surface area contributed by atoms with Crippen LogP contribution in [0.2, 0.25) is 0 Å². The van der Waals surface area contributed by atoms with Crippen molar-refractivity contribution in [2.45, 2.75) is 19.1 Å². The van der Waals surface area contributed by atoms with Gasteiger partial charge in [0.25, 0.3) is 0 Å². The van der Waals surface area contributed by atoms with Crippen molar-refractivity contribution in [3.05, 3.63) is 45.8 Å². The third-order valence-electron chi connectivity index (χ3n) is 4.37. The van der Waals surface area contributed by atoms with Crippen LogP contribution in [-0.2, 0) is 6.18 Å². The van der Waals surface area contributed by atoms with E-state index in [0.717, 1.165) is 19.1 Å². The van der Waals surface area contributed by atoms with Crippen molar-refractivity contribution in [3.8, 4) is 12.3 Å². The first-order chi connectivity index (χ1) is 13.6. The lowest BCUT2D eigenvalue weighted by molar-refractivity contribution is -0.139. The fraction of sp³-hybridized carbons (Fsp3) is 0.176. The highest BCUT2D eigenvalue weighted by atomic mass is 19.4. The van der Waals surface area contributed by atoms with Crippen LogP contribution in [0.25, 0.3) is 0 Å². The average Bonchev–Trinajstić information content (AvgIpc) is 2.62. The lowest BCUT2D eigenvalue weighted by atomic mass is 9.89. The first-order valence-corrected chi connectivity index (χ1v) is 7.95. The quantitative estimate of drug-likeness (QED) is 0.324. The summed E-state index contributed by atoms with van der Waals surface area (Å²) in [4.78, 5) is 8.04. The molecule has 0 bridgehead atoms. The van der Waals surface area contributed by atoms with Crippen molar-refractivity contribution < 1.29 is 17.6 Å². The molecule has 2 aromatic rings. The normalized spacial score (nSPS) is 15.4. The van der Waals surface area contributed by atoms with Gasteiger partial charge in [-0.25, -0.2) is 14.4 Å². The number of halogens is 4. The minimum Gasteiger partial charge on any atom is -0.397 e. The van der Waals surface area contributed by atoms with Crippen LogP contribution in [0.5, 0.6) is 0 Å². The Morgan fingerprint density at radius 1 is 1.24 bits per heavy atom. The summed E-state index contributed by atoms with van der Waals surface area (Å²) in [6.07, 6.45) is -3.31. The molecule has 1 aromatic heterocycles. The first kappa shape index (κ1) is 19.7. The van der Waals surface area contributed by atoms with Crippen molar-refractivity contribution in [2.24, 2.45) is 4.99 Å². The number of nitrogen functional groups attached to an aromatic ring is 2. The van der Waals surface area contributed by atoms with E-state index >= 15 is 0 Å². The molecule has 1 unspecified atom stereocenters. The standard InChI is InChI=1S/C17H12F4N8/c1-6-9(18)3-2-7(11(6)17(19,20)21)13-10-12(24)8(4-22)14(25)28-15(10)29-16(27-13)26-5-23/h2-3,13H,1H3,(H6,24,25,26,27,28,29). The topological polar surface area (TPSA) is 149 Å². The number of benzene rings is 1. The van der Waals surface area contributed by atoms with E-state index in [-0.39, 0.29) is 34.4 Å². The largest absolute Gasteiger partial charge is 0.417 e. The Labute approximate surface area is 161 Å². The van der Waals surface area contributed by atoms with Gasteiger partial charge in [0.2, 0.25) is 5.96 Å². The van der Waals surface area contributed by atoms with Gasteiger partial charge < -0.3 is 16.8 Å². The smallest absolute Gasteiger partial charge is 0.397 e. The number of nitrogens with two attached hydrogens (primary N) is 2. The Hall–Kier alpha value is -4.06. The number of nitrogens with zero attached hydrogens (tertiary/aromatic N) is 4. The minimum atomic E-state index is -4.90. The molecule has 0 radical (unpaired) electrons. The number of pyridine rings is 1. The molecule has 0 saturated heterocycles.